The SMILES string of the molecule is C=C(C=O)CO.C=C(CO)C(=O)OCC(CO)c1ccc(-c2ccc(CC/C=C/C)cc2)cc1. The molecule has 1 unspecified atom stereocenters. The summed E-state index contributed by atoms with van der Waals surface area (Å²) in [6.07, 6.45) is 6.84. The van der Waals surface area contributed by atoms with Crippen molar-refractivity contribution in [1.29, 1.82) is 0 Å². The molecule has 2 aromatic rings. The Kier molecular flexibility index (Phi) is 13.8. The third-order valence-electron chi connectivity index (χ3n) is 4.99. The minimum Gasteiger partial charge on any atom is -0.462 e. The predicted molar refractivity (Wildman–Crippen MR) is 134 cm³/mol. The van der Waals surface area contributed by atoms with Crippen molar-refractivity contribution in [2.75, 3.05) is 26.4 Å². The zero-order valence-electron chi connectivity index (χ0n) is 19.7. The Morgan fingerprint density at radius 3 is 2.00 bits per heavy atom. The molecule has 0 fully saturated rings. The summed E-state index contributed by atoms with van der Waals surface area (Å²) in [5, 5.41) is 26.5. The highest BCUT2D eigenvalue weighted by molar-refractivity contribution is 5.87. The number of carbonyl (C=O) groups excluding carboxylic acids is 2. The molecular weight excluding hydrogens is 432 g/mol. The lowest BCUT2D eigenvalue weighted by atomic mass is 9.96. The van der Waals surface area contributed by atoms with E-state index in [0.717, 1.165) is 29.5 Å². The van der Waals surface area contributed by atoms with Crippen molar-refractivity contribution in [3.8, 4) is 11.1 Å². The molecule has 6 heteroatoms. The molecular formula is C28H34O6. The quantitative estimate of drug-likeness (QED) is 0.190. The molecule has 0 amide bonds. The van der Waals surface area contributed by atoms with Gasteiger partial charge >= 0.3 is 5.97 Å². The Hall–Kier alpha value is -3.32. The first-order valence-electron chi connectivity index (χ1n) is 11.0. The number of aliphatic hydroxyl groups excluding tert-OH is 3. The lowest BCUT2D eigenvalue weighted by molar-refractivity contribution is -0.140. The van der Waals surface area contributed by atoms with Gasteiger partial charge in [0.05, 0.1) is 25.4 Å². The molecule has 34 heavy (non-hydrogen) atoms. The topological polar surface area (TPSA) is 104 Å². The van der Waals surface area contributed by atoms with Crippen molar-refractivity contribution in [2.24, 2.45) is 0 Å². The van der Waals surface area contributed by atoms with Crippen molar-refractivity contribution < 1.29 is 29.6 Å². The number of benzene rings is 2. The van der Waals surface area contributed by atoms with Gasteiger partial charge in [-0.15, -0.1) is 0 Å². The van der Waals surface area contributed by atoms with E-state index in [1.807, 2.05) is 31.2 Å². The normalized spacial score (nSPS) is 11.3. The van der Waals surface area contributed by atoms with Crippen molar-refractivity contribution in [3.63, 3.8) is 0 Å². The van der Waals surface area contributed by atoms with Crippen LogP contribution in [0.25, 0.3) is 11.1 Å². The van der Waals surface area contributed by atoms with Gasteiger partial charge in [0.1, 0.15) is 12.9 Å². The Balaban J connectivity index is 0.000000852. The predicted octanol–water partition coefficient (Wildman–Crippen LogP) is 3.76. The molecule has 0 aromatic heterocycles. The van der Waals surface area contributed by atoms with Gasteiger partial charge in [-0.3, -0.25) is 4.79 Å². The molecule has 6 nitrogen and oxygen atoms in total. The maximum Gasteiger partial charge on any atom is 0.335 e. The average Bonchev–Trinajstić information content (AvgIpc) is 2.89. The summed E-state index contributed by atoms with van der Waals surface area (Å²) in [4.78, 5) is 21.1. The maximum atomic E-state index is 11.6. The highest BCUT2D eigenvalue weighted by Gasteiger charge is 2.15. The Morgan fingerprint density at radius 2 is 1.56 bits per heavy atom. The van der Waals surface area contributed by atoms with Crippen LogP contribution in [-0.4, -0.2) is 54.0 Å². The van der Waals surface area contributed by atoms with E-state index in [-0.39, 0.29) is 36.9 Å². The lowest BCUT2D eigenvalue weighted by Gasteiger charge is -2.16. The van der Waals surface area contributed by atoms with E-state index in [0.29, 0.717) is 6.29 Å². The number of allylic oxidation sites excluding steroid dienone is 2. The summed E-state index contributed by atoms with van der Waals surface area (Å²) in [6, 6.07) is 16.4. The van der Waals surface area contributed by atoms with Crippen LogP contribution in [0.5, 0.6) is 0 Å². The molecule has 2 aromatic carbocycles. The van der Waals surface area contributed by atoms with Crippen LogP contribution in [0.15, 0.2) is 85.0 Å². The van der Waals surface area contributed by atoms with E-state index in [9.17, 15) is 14.7 Å². The number of carbonyl (C=O) groups is 2. The number of ether oxygens (including phenoxy) is 1. The number of hydrogen-bond donors (Lipinski definition) is 3. The first-order valence-corrected chi connectivity index (χ1v) is 11.0. The lowest BCUT2D eigenvalue weighted by Crippen LogP contribution is -2.17. The Labute approximate surface area is 201 Å². The molecule has 0 saturated heterocycles. The van der Waals surface area contributed by atoms with Crippen LogP contribution < -0.4 is 0 Å². The summed E-state index contributed by atoms with van der Waals surface area (Å²) < 4.78 is 5.11. The second-order valence-electron chi connectivity index (χ2n) is 7.60. The van der Waals surface area contributed by atoms with Crippen molar-refractivity contribution in [3.05, 3.63) is 96.1 Å². The largest absolute Gasteiger partial charge is 0.462 e. The van der Waals surface area contributed by atoms with Gasteiger partial charge in [0, 0.05) is 11.5 Å². The number of aliphatic hydroxyl groups is 3. The summed E-state index contributed by atoms with van der Waals surface area (Å²) in [7, 11) is 0. The third kappa shape index (κ3) is 10.1. The first kappa shape index (κ1) is 28.7. The number of hydrogen-bond acceptors (Lipinski definition) is 6. The zero-order valence-corrected chi connectivity index (χ0v) is 19.7. The summed E-state index contributed by atoms with van der Waals surface area (Å²) >= 11 is 0. The van der Waals surface area contributed by atoms with Crippen LogP contribution in [0.3, 0.4) is 0 Å². The molecule has 0 saturated carbocycles. The van der Waals surface area contributed by atoms with Gasteiger partial charge in [-0.05, 0) is 42.0 Å². The highest BCUT2D eigenvalue weighted by Crippen LogP contribution is 2.24. The highest BCUT2D eigenvalue weighted by atomic mass is 16.5. The first-order chi connectivity index (χ1) is 16.4. The van der Waals surface area contributed by atoms with Gasteiger partial charge in [0.25, 0.3) is 0 Å². The van der Waals surface area contributed by atoms with Crippen LogP contribution in [0.4, 0.5) is 0 Å². The van der Waals surface area contributed by atoms with E-state index >= 15 is 0 Å². The van der Waals surface area contributed by atoms with Gasteiger partial charge < -0.3 is 20.1 Å². The Morgan fingerprint density at radius 1 is 0.971 bits per heavy atom. The van der Waals surface area contributed by atoms with E-state index in [1.165, 1.54) is 5.56 Å². The van der Waals surface area contributed by atoms with E-state index in [1.54, 1.807) is 0 Å². The standard InChI is InChI=1S/C24H28O4.C4H6O2/c1-3-4-5-6-19-7-9-20(10-8-19)21-11-13-22(14-12-21)23(16-26)17-28-24(27)18(2)15-25;1-4(2-5)3-6/h3-4,7-14,23,25-26H,2,5-6,15-17H2,1H3;2,6H,1,3H2/b4-3+;. The fourth-order valence-corrected chi connectivity index (χ4v) is 2.86. The summed E-state index contributed by atoms with van der Waals surface area (Å²) in [5.41, 5.74) is 4.64. The molecule has 182 valence electrons. The van der Waals surface area contributed by atoms with E-state index < -0.39 is 12.6 Å². The van der Waals surface area contributed by atoms with Gasteiger partial charge in [-0.25, -0.2) is 4.79 Å². The van der Waals surface area contributed by atoms with Crippen molar-refractivity contribution >= 4 is 12.3 Å². The average molecular weight is 467 g/mol. The number of rotatable bonds is 12. The second kappa shape index (κ2) is 16.3. The number of esters is 1. The van der Waals surface area contributed by atoms with Gasteiger partial charge in [0.2, 0.25) is 0 Å². The third-order valence-corrected chi connectivity index (χ3v) is 4.99. The van der Waals surface area contributed by atoms with E-state index in [4.69, 9.17) is 14.9 Å². The molecule has 0 spiro atoms. The molecule has 0 aliphatic heterocycles. The molecule has 2 rings (SSSR count). The fraction of sp³-hybridized carbons (Fsp3) is 0.286. The molecule has 0 aliphatic carbocycles. The fourth-order valence-electron chi connectivity index (χ4n) is 2.86. The summed E-state index contributed by atoms with van der Waals surface area (Å²) in [6.45, 7) is 7.86. The molecule has 0 radical (unpaired) electrons. The van der Waals surface area contributed by atoms with Crippen LogP contribution in [0.2, 0.25) is 0 Å². The monoisotopic (exact) mass is 466 g/mol. The van der Waals surface area contributed by atoms with Gasteiger partial charge in [0.15, 0.2) is 0 Å². The number of aryl methyl sites for hydroxylation is 1. The zero-order chi connectivity index (χ0) is 25.3. The second-order valence-corrected chi connectivity index (χ2v) is 7.60. The smallest absolute Gasteiger partial charge is 0.335 e. The molecule has 0 aliphatic rings. The van der Waals surface area contributed by atoms with Crippen LogP contribution >= 0.6 is 0 Å². The van der Waals surface area contributed by atoms with Gasteiger partial charge in [-0.2, -0.15) is 0 Å². The minimum absolute atomic E-state index is 0.00111. The molecule has 0 heterocycles. The molecule has 3 N–H and O–H groups in total. The van der Waals surface area contributed by atoms with Crippen LogP contribution in [0.1, 0.15) is 30.4 Å². The minimum atomic E-state index is -0.646. The number of aldehydes is 1. The van der Waals surface area contributed by atoms with E-state index in [2.05, 4.69) is 49.6 Å². The Bertz CT molecular complexity index is 942. The van der Waals surface area contributed by atoms with Gasteiger partial charge in [-0.1, -0.05) is 73.8 Å². The van der Waals surface area contributed by atoms with Crippen LogP contribution in [0, 0.1) is 0 Å². The summed E-state index contributed by atoms with van der Waals surface area (Å²) in [5.74, 6) is -0.967. The maximum absolute atomic E-state index is 11.6. The molecule has 0 bridgehead atoms. The van der Waals surface area contributed by atoms with Crippen molar-refractivity contribution in [1.82, 2.24) is 0 Å². The molecule has 1 atom stereocenters. The van der Waals surface area contributed by atoms with Crippen molar-refractivity contribution in [2.45, 2.75) is 25.7 Å². The van der Waals surface area contributed by atoms with Crippen LogP contribution in [-0.2, 0) is 20.7 Å².